The highest BCUT2D eigenvalue weighted by molar-refractivity contribution is 6.38. The van der Waals surface area contributed by atoms with Crippen LogP contribution in [0.5, 0.6) is 5.75 Å². The summed E-state index contributed by atoms with van der Waals surface area (Å²) >= 11 is 11.5. The Morgan fingerprint density at radius 3 is 2.47 bits per heavy atom. The van der Waals surface area contributed by atoms with Gasteiger partial charge in [0.05, 0.1) is 0 Å². The van der Waals surface area contributed by atoms with Crippen molar-refractivity contribution in [2.45, 2.75) is 0 Å². The highest BCUT2D eigenvalue weighted by Gasteiger charge is 2.19. The summed E-state index contributed by atoms with van der Waals surface area (Å²) in [4.78, 5) is 19.1. The summed E-state index contributed by atoms with van der Waals surface area (Å²) in [6, 6.07) is 3.50. The number of rotatable bonds is 2. The molecule has 0 radical (unpaired) electrons. The van der Waals surface area contributed by atoms with Crippen LogP contribution in [-0.2, 0) is 0 Å². The van der Waals surface area contributed by atoms with Gasteiger partial charge in [0.1, 0.15) is 29.1 Å². The van der Waals surface area contributed by atoms with Gasteiger partial charge in [-0.15, -0.1) is 0 Å². The Balaban J connectivity index is 2.37. The van der Waals surface area contributed by atoms with Gasteiger partial charge in [0.2, 0.25) is 0 Å². The third-order valence-electron chi connectivity index (χ3n) is 2.21. The monoisotopic (exact) mass is 301 g/mol. The smallest absolute Gasteiger partial charge is 0.262 e. The number of aromatic hydroxyl groups is 1. The average molecular weight is 302 g/mol. The van der Waals surface area contributed by atoms with Gasteiger partial charge in [-0.05, 0) is 12.1 Å². The standard InChI is InChI=1S/C11H6Cl2FN3O2/c12-9-8(10(13)16-4-15-9)17-11(19)7-5(14)2-1-3-6(7)18/h1-4,18H,(H,17,19). The second-order valence-corrected chi connectivity index (χ2v) is 4.13. The number of phenols is 1. The fourth-order valence-corrected chi connectivity index (χ4v) is 1.77. The molecule has 0 aliphatic rings. The first-order valence-electron chi connectivity index (χ1n) is 4.95. The lowest BCUT2D eigenvalue weighted by Gasteiger charge is -2.09. The highest BCUT2D eigenvalue weighted by atomic mass is 35.5. The van der Waals surface area contributed by atoms with E-state index in [0.29, 0.717) is 0 Å². The van der Waals surface area contributed by atoms with E-state index >= 15 is 0 Å². The van der Waals surface area contributed by atoms with Crippen molar-refractivity contribution in [2.24, 2.45) is 0 Å². The van der Waals surface area contributed by atoms with E-state index in [0.717, 1.165) is 12.4 Å². The summed E-state index contributed by atoms with van der Waals surface area (Å²) in [6.07, 6.45) is 1.11. The van der Waals surface area contributed by atoms with Gasteiger partial charge >= 0.3 is 0 Å². The van der Waals surface area contributed by atoms with E-state index in [1.165, 1.54) is 12.1 Å². The molecule has 8 heteroatoms. The summed E-state index contributed by atoms with van der Waals surface area (Å²) in [6.45, 7) is 0. The molecule has 0 aliphatic carbocycles. The molecule has 98 valence electrons. The summed E-state index contributed by atoms with van der Waals surface area (Å²) in [5.74, 6) is -2.28. The fraction of sp³-hybridized carbons (Fsp3) is 0. The van der Waals surface area contributed by atoms with Gasteiger partial charge in [0.15, 0.2) is 10.3 Å². The Labute approximate surface area is 117 Å². The number of halogens is 3. The van der Waals surface area contributed by atoms with Gasteiger partial charge in [-0.3, -0.25) is 4.79 Å². The largest absolute Gasteiger partial charge is 0.507 e. The molecule has 1 aromatic heterocycles. The van der Waals surface area contributed by atoms with Crippen LogP contribution >= 0.6 is 23.2 Å². The minimum Gasteiger partial charge on any atom is -0.507 e. The van der Waals surface area contributed by atoms with Crippen molar-refractivity contribution in [1.29, 1.82) is 0 Å². The van der Waals surface area contributed by atoms with Crippen LogP contribution in [-0.4, -0.2) is 21.0 Å². The average Bonchev–Trinajstić information content (AvgIpc) is 2.34. The SMILES string of the molecule is O=C(Nc1c(Cl)ncnc1Cl)c1c(O)cccc1F. The summed E-state index contributed by atoms with van der Waals surface area (Å²) in [5, 5.41) is 11.5. The quantitative estimate of drug-likeness (QED) is 0.836. The van der Waals surface area contributed by atoms with E-state index in [2.05, 4.69) is 15.3 Å². The van der Waals surface area contributed by atoms with Crippen molar-refractivity contribution >= 4 is 34.8 Å². The molecule has 0 aliphatic heterocycles. The van der Waals surface area contributed by atoms with Crippen molar-refractivity contribution in [3.8, 4) is 5.75 Å². The van der Waals surface area contributed by atoms with E-state index < -0.39 is 23.0 Å². The lowest BCUT2D eigenvalue weighted by atomic mass is 10.1. The van der Waals surface area contributed by atoms with E-state index in [4.69, 9.17) is 23.2 Å². The van der Waals surface area contributed by atoms with Crippen LogP contribution in [0.2, 0.25) is 10.3 Å². The van der Waals surface area contributed by atoms with Crippen molar-refractivity contribution in [1.82, 2.24) is 9.97 Å². The molecule has 0 unspecified atom stereocenters. The molecule has 5 nitrogen and oxygen atoms in total. The first-order valence-corrected chi connectivity index (χ1v) is 5.71. The zero-order valence-electron chi connectivity index (χ0n) is 9.19. The van der Waals surface area contributed by atoms with Crippen molar-refractivity contribution in [3.63, 3.8) is 0 Å². The normalized spacial score (nSPS) is 10.3. The van der Waals surface area contributed by atoms with Crippen LogP contribution in [0.15, 0.2) is 24.5 Å². The number of hydrogen-bond acceptors (Lipinski definition) is 4. The van der Waals surface area contributed by atoms with Crippen molar-refractivity contribution in [2.75, 3.05) is 5.32 Å². The summed E-state index contributed by atoms with van der Waals surface area (Å²) in [5.41, 5.74) is -0.572. The maximum Gasteiger partial charge on any atom is 0.262 e. The molecule has 1 amide bonds. The number of hydrogen-bond donors (Lipinski definition) is 2. The molecular weight excluding hydrogens is 296 g/mol. The van der Waals surface area contributed by atoms with Gasteiger partial charge in [0.25, 0.3) is 5.91 Å². The van der Waals surface area contributed by atoms with Crippen LogP contribution < -0.4 is 5.32 Å². The molecule has 1 heterocycles. The molecule has 2 rings (SSSR count). The van der Waals surface area contributed by atoms with Crippen LogP contribution in [0.4, 0.5) is 10.1 Å². The number of carbonyl (C=O) groups is 1. The predicted octanol–water partition coefficient (Wildman–Crippen LogP) is 2.88. The van der Waals surface area contributed by atoms with Crippen LogP contribution in [0.25, 0.3) is 0 Å². The number of amides is 1. The lowest BCUT2D eigenvalue weighted by Crippen LogP contribution is -2.15. The fourth-order valence-electron chi connectivity index (χ4n) is 1.36. The molecule has 19 heavy (non-hydrogen) atoms. The Morgan fingerprint density at radius 2 is 1.89 bits per heavy atom. The third-order valence-corrected chi connectivity index (χ3v) is 2.79. The van der Waals surface area contributed by atoms with Crippen LogP contribution in [0.1, 0.15) is 10.4 Å². The number of nitrogens with zero attached hydrogens (tertiary/aromatic N) is 2. The molecular formula is C11H6Cl2FN3O2. The first kappa shape index (κ1) is 13.5. The molecule has 1 aromatic carbocycles. The zero-order chi connectivity index (χ0) is 14.0. The maximum absolute atomic E-state index is 13.5. The van der Waals surface area contributed by atoms with E-state index in [-0.39, 0.29) is 16.0 Å². The molecule has 0 fully saturated rings. The summed E-state index contributed by atoms with van der Waals surface area (Å²) < 4.78 is 13.5. The van der Waals surface area contributed by atoms with Crippen molar-refractivity contribution in [3.05, 3.63) is 46.2 Å². The minimum absolute atomic E-state index is 0.0570. The molecule has 0 saturated carbocycles. The molecule has 2 N–H and O–H groups in total. The third kappa shape index (κ3) is 2.74. The Kier molecular flexibility index (Phi) is 3.82. The number of carbonyl (C=O) groups excluding carboxylic acids is 1. The molecule has 0 atom stereocenters. The minimum atomic E-state index is -0.908. The highest BCUT2D eigenvalue weighted by Crippen LogP contribution is 2.28. The number of aromatic nitrogens is 2. The van der Waals surface area contributed by atoms with Gasteiger partial charge in [-0.25, -0.2) is 14.4 Å². The first-order chi connectivity index (χ1) is 9.00. The maximum atomic E-state index is 13.5. The van der Waals surface area contributed by atoms with E-state index in [9.17, 15) is 14.3 Å². The number of nitrogens with one attached hydrogen (secondary N) is 1. The Bertz CT molecular complexity index is 611. The zero-order valence-corrected chi connectivity index (χ0v) is 10.7. The topological polar surface area (TPSA) is 75.1 Å². The van der Waals surface area contributed by atoms with Crippen LogP contribution in [0.3, 0.4) is 0 Å². The van der Waals surface area contributed by atoms with Gasteiger partial charge in [-0.2, -0.15) is 0 Å². The van der Waals surface area contributed by atoms with Gasteiger partial charge < -0.3 is 10.4 Å². The van der Waals surface area contributed by atoms with Gasteiger partial charge in [0, 0.05) is 0 Å². The predicted molar refractivity (Wildman–Crippen MR) is 68.1 cm³/mol. The van der Waals surface area contributed by atoms with Gasteiger partial charge in [-0.1, -0.05) is 29.3 Å². The molecule has 0 bridgehead atoms. The Hall–Kier alpha value is -1.92. The second-order valence-electron chi connectivity index (χ2n) is 3.42. The van der Waals surface area contributed by atoms with Crippen LogP contribution in [0, 0.1) is 5.82 Å². The number of benzene rings is 1. The Morgan fingerprint density at radius 1 is 1.26 bits per heavy atom. The van der Waals surface area contributed by atoms with E-state index in [1.54, 1.807) is 0 Å². The number of anilines is 1. The summed E-state index contributed by atoms with van der Waals surface area (Å²) in [7, 11) is 0. The van der Waals surface area contributed by atoms with Crippen molar-refractivity contribution < 1.29 is 14.3 Å². The molecule has 0 saturated heterocycles. The van der Waals surface area contributed by atoms with E-state index in [1.807, 2.05) is 0 Å². The second kappa shape index (κ2) is 5.38. The number of phenolic OH excluding ortho intramolecular Hbond substituents is 1. The molecule has 0 spiro atoms. The lowest BCUT2D eigenvalue weighted by molar-refractivity contribution is 0.102. The molecule has 2 aromatic rings.